The summed E-state index contributed by atoms with van der Waals surface area (Å²) in [6.45, 7) is 2.62. The van der Waals surface area contributed by atoms with Crippen molar-refractivity contribution >= 4 is 23.4 Å². The Morgan fingerprint density at radius 2 is 2.25 bits per heavy atom. The van der Waals surface area contributed by atoms with Gasteiger partial charge in [-0.15, -0.1) is 0 Å². The minimum Gasteiger partial charge on any atom is -0.399 e. The molecule has 4 heteroatoms. The second-order valence-corrected chi connectivity index (χ2v) is 4.66. The van der Waals surface area contributed by atoms with Gasteiger partial charge in [0.1, 0.15) is 0 Å². The van der Waals surface area contributed by atoms with Crippen LogP contribution in [0.5, 0.6) is 0 Å². The van der Waals surface area contributed by atoms with Gasteiger partial charge in [-0.1, -0.05) is 0 Å². The number of rotatable bonds is 5. The number of thioether (sulfide) groups is 1. The van der Waals surface area contributed by atoms with Gasteiger partial charge in [0.05, 0.1) is 0 Å². The predicted molar refractivity (Wildman–Crippen MR) is 70.9 cm³/mol. The van der Waals surface area contributed by atoms with Crippen LogP contribution < -0.4 is 11.1 Å². The van der Waals surface area contributed by atoms with Crippen molar-refractivity contribution in [2.24, 2.45) is 0 Å². The van der Waals surface area contributed by atoms with Gasteiger partial charge in [-0.05, 0) is 49.1 Å². The maximum Gasteiger partial charge on any atom is 0.251 e. The second kappa shape index (κ2) is 6.43. The van der Waals surface area contributed by atoms with E-state index in [1.165, 1.54) is 0 Å². The zero-order valence-electron chi connectivity index (χ0n) is 9.75. The molecule has 0 atom stereocenters. The Morgan fingerprint density at radius 3 is 2.88 bits per heavy atom. The van der Waals surface area contributed by atoms with Crippen molar-refractivity contribution in [1.29, 1.82) is 0 Å². The molecule has 88 valence electrons. The quantitative estimate of drug-likeness (QED) is 0.610. The van der Waals surface area contributed by atoms with Crippen molar-refractivity contribution in [1.82, 2.24) is 5.32 Å². The van der Waals surface area contributed by atoms with E-state index in [2.05, 4.69) is 11.6 Å². The summed E-state index contributed by atoms with van der Waals surface area (Å²) in [6, 6.07) is 5.34. The van der Waals surface area contributed by atoms with E-state index in [4.69, 9.17) is 5.73 Å². The first-order valence-electron chi connectivity index (χ1n) is 5.28. The summed E-state index contributed by atoms with van der Waals surface area (Å²) < 4.78 is 0. The van der Waals surface area contributed by atoms with E-state index < -0.39 is 0 Å². The van der Waals surface area contributed by atoms with E-state index >= 15 is 0 Å². The normalized spacial score (nSPS) is 10.1. The molecule has 0 bridgehead atoms. The number of nitrogen functional groups attached to an aromatic ring is 1. The second-order valence-electron chi connectivity index (χ2n) is 3.68. The topological polar surface area (TPSA) is 55.1 Å². The molecule has 0 unspecified atom stereocenters. The van der Waals surface area contributed by atoms with E-state index in [0.29, 0.717) is 11.3 Å². The molecule has 0 aliphatic heterocycles. The van der Waals surface area contributed by atoms with Crippen LogP contribution in [-0.2, 0) is 0 Å². The molecule has 3 N–H and O–H groups in total. The third-order valence-electron chi connectivity index (χ3n) is 2.31. The van der Waals surface area contributed by atoms with Gasteiger partial charge in [0, 0.05) is 17.8 Å². The monoisotopic (exact) mass is 238 g/mol. The standard InChI is InChI=1S/C12H18N2OS/c1-9-8-10(13)4-5-11(9)12(15)14-6-3-7-16-2/h4-5,8H,3,6-7,13H2,1-2H3,(H,14,15). The summed E-state index contributed by atoms with van der Waals surface area (Å²) in [7, 11) is 0. The number of amides is 1. The summed E-state index contributed by atoms with van der Waals surface area (Å²) in [6.07, 6.45) is 3.06. The number of nitrogens with one attached hydrogen (secondary N) is 1. The number of hydrogen-bond acceptors (Lipinski definition) is 3. The first-order valence-corrected chi connectivity index (χ1v) is 6.68. The lowest BCUT2D eigenvalue weighted by Gasteiger charge is -2.07. The summed E-state index contributed by atoms with van der Waals surface area (Å²) in [4.78, 5) is 11.8. The van der Waals surface area contributed by atoms with Gasteiger partial charge in [0.15, 0.2) is 0 Å². The van der Waals surface area contributed by atoms with Crippen LogP contribution in [0.25, 0.3) is 0 Å². The van der Waals surface area contributed by atoms with Gasteiger partial charge in [0.25, 0.3) is 5.91 Å². The average molecular weight is 238 g/mol. The summed E-state index contributed by atoms with van der Waals surface area (Å²) in [5.74, 6) is 1.06. The fraction of sp³-hybridized carbons (Fsp3) is 0.417. The SMILES string of the molecule is CSCCCNC(=O)c1ccc(N)cc1C. The third kappa shape index (κ3) is 3.77. The zero-order valence-corrected chi connectivity index (χ0v) is 10.6. The van der Waals surface area contributed by atoms with Crippen LogP contribution in [0.1, 0.15) is 22.3 Å². The van der Waals surface area contributed by atoms with E-state index in [1.807, 2.05) is 13.0 Å². The molecule has 1 rings (SSSR count). The van der Waals surface area contributed by atoms with Gasteiger partial charge in [-0.3, -0.25) is 4.79 Å². The Labute approximate surface area is 101 Å². The maximum absolute atomic E-state index is 11.8. The Kier molecular flexibility index (Phi) is 5.19. The fourth-order valence-electron chi connectivity index (χ4n) is 1.46. The van der Waals surface area contributed by atoms with Crippen LogP contribution in [0.2, 0.25) is 0 Å². The van der Waals surface area contributed by atoms with Gasteiger partial charge >= 0.3 is 0 Å². The number of carbonyl (C=O) groups is 1. The van der Waals surface area contributed by atoms with Crippen molar-refractivity contribution in [3.05, 3.63) is 29.3 Å². The lowest BCUT2D eigenvalue weighted by molar-refractivity contribution is 0.0953. The van der Waals surface area contributed by atoms with Crippen molar-refractivity contribution in [2.45, 2.75) is 13.3 Å². The fourth-order valence-corrected chi connectivity index (χ4v) is 1.89. The van der Waals surface area contributed by atoms with Crippen LogP contribution >= 0.6 is 11.8 Å². The Hall–Kier alpha value is -1.16. The molecule has 0 aromatic heterocycles. The van der Waals surface area contributed by atoms with Crippen LogP contribution in [-0.4, -0.2) is 24.5 Å². The largest absolute Gasteiger partial charge is 0.399 e. The van der Waals surface area contributed by atoms with Crippen LogP contribution in [0.15, 0.2) is 18.2 Å². The van der Waals surface area contributed by atoms with Gasteiger partial charge in [-0.2, -0.15) is 11.8 Å². The van der Waals surface area contributed by atoms with Gasteiger partial charge in [-0.25, -0.2) is 0 Å². The van der Waals surface area contributed by atoms with E-state index in [1.54, 1.807) is 23.9 Å². The number of benzene rings is 1. The van der Waals surface area contributed by atoms with E-state index in [9.17, 15) is 4.79 Å². The highest BCUT2D eigenvalue weighted by Gasteiger charge is 2.07. The minimum atomic E-state index is -0.0152. The van der Waals surface area contributed by atoms with Crippen molar-refractivity contribution in [3.63, 3.8) is 0 Å². The smallest absolute Gasteiger partial charge is 0.251 e. The third-order valence-corrected chi connectivity index (χ3v) is 3.00. The molecule has 3 nitrogen and oxygen atoms in total. The molecule has 1 aromatic rings. The van der Waals surface area contributed by atoms with Crippen LogP contribution in [0.4, 0.5) is 5.69 Å². The Balaban J connectivity index is 2.53. The molecule has 0 fully saturated rings. The average Bonchev–Trinajstić information content (AvgIpc) is 2.24. The first-order chi connectivity index (χ1) is 7.65. The number of nitrogens with two attached hydrogens (primary N) is 1. The molecule has 1 aromatic carbocycles. The van der Waals surface area contributed by atoms with Gasteiger partial charge < -0.3 is 11.1 Å². The van der Waals surface area contributed by atoms with Gasteiger partial charge in [0.2, 0.25) is 0 Å². The molecule has 1 amide bonds. The molecule has 0 aliphatic rings. The molecule has 0 radical (unpaired) electrons. The molecule has 0 spiro atoms. The lowest BCUT2D eigenvalue weighted by atomic mass is 10.1. The molecule has 0 heterocycles. The summed E-state index contributed by atoms with van der Waals surface area (Å²) >= 11 is 1.79. The van der Waals surface area contributed by atoms with Crippen LogP contribution in [0, 0.1) is 6.92 Å². The summed E-state index contributed by atoms with van der Waals surface area (Å²) in [5.41, 5.74) is 7.95. The molecular formula is C12H18N2OS. The highest BCUT2D eigenvalue weighted by atomic mass is 32.2. The molecule has 0 saturated heterocycles. The first kappa shape index (κ1) is 12.9. The van der Waals surface area contributed by atoms with E-state index in [-0.39, 0.29) is 5.91 Å². The van der Waals surface area contributed by atoms with E-state index in [0.717, 1.165) is 24.3 Å². The molecule has 0 aliphatic carbocycles. The highest BCUT2D eigenvalue weighted by Crippen LogP contribution is 2.12. The van der Waals surface area contributed by atoms with Crippen molar-refractivity contribution in [3.8, 4) is 0 Å². The number of anilines is 1. The maximum atomic E-state index is 11.8. The van der Waals surface area contributed by atoms with Crippen molar-refractivity contribution in [2.75, 3.05) is 24.3 Å². The lowest BCUT2D eigenvalue weighted by Crippen LogP contribution is -2.25. The van der Waals surface area contributed by atoms with Crippen molar-refractivity contribution < 1.29 is 4.79 Å². The number of aryl methyl sites for hydroxylation is 1. The molecule has 0 saturated carbocycles. The summed E-state index contributed by atoms with van der Waals surface area (Å²) in [5, 5.41) is 2.90. The zero-order chi connectivity index (χ0) is 12.0. The molecular weight excluding hydrogens is 220 g/mol. The number of hydrogen-bond donors (Lipinski definition) is 2. The van der Waals surface area contributed by atoms with Crippen LogP contribution in [0.3, 0.4) is 0 Å². The predicted octanol–water partition coefficient (Wildman–Crippen LogP) is 2.06. The Bertz CT molecular complexity index is 366. The Morgan fingerprint density at radius 1 is 1.50 bits per heavy atom. The highest BCUT2D eigenvalue weighted by molar-refractivity contribution is 7.98. The molecule has 16 heavy (non-hydrogen) atoms. The number of carbonyl (C=O) groups excluding carboxylic acids is 1. The minimum absolute atomic E-state index is 0.0152.